The number of aryl methyl sites for hydroxylation is 1. The number of benzene rings is 2. The molecule has 0 radical (unpaired) electrons. The molecule has 0 saturated heterocycles. The summed E-state index contributed by atoms with van der Waals surface area (Å²) in [5.41, 5.74) is 2.44. The minimum atomic E-state index is -0.212. The molecule has 0 saturated carbocycles. The average molecular weight is 390 g/mol. The zero-order chi connectivity index (χ0) is 20.6. The van der Waals surface area contributed by atoms with E-state index < -0.39 is 0 Å². The van der Waals surface area contributed by atoms with E-state index in [1.807, 2.05) is 54.6 Å². The minimum Gasteiger partial charge on any atom is -0.496 e. The fraction of sp³-hybridized carbons (Fsp3) is 0.261. The van der Waals surface area contributed by atoms with Crippen LogP contribution in [-0.4, -0.2) is 36.1 Å². The Hall–Kier alpha value is -3.41. The van der Waals surface area contributed by atoms with E-state index in [-0.39, 0.29) is 5.91 Å². The molecule has 0 spiro atoms. The summed E-state index contributed by atoms with van der Waals surface area (Å²) in [4.78, 5) is 23.6. The summed E-state index contributed by atoms with van der Waals surface area (Å²) >= 11 is 0. The van der Waals surface area contributed by atoms with Crippen LogP contribution in [0.3, 0.4) is 0 Å². The molecule has 0 aliphatic heterocycles. The number of nitrogens with zero attached hydrogens (tertiary/aromatic N) is 3. The van der Waals surface area contributed by atoms with Crippen LogP contribution in [0.4, 0.5) is 11.5 Å². The first-order valence-electron chi connectivity index (χ1n) is 9.70. The molecule has 3 rings (SSSR count). The van der Waals surface area contributed by atoms with Crippen LogP contribution in [-0.2, 0) is 6.42 Å². The quantitative estimate of drug-likeness (QED) is 0.631. The van der Waals surface area contributed by atoms with Gasteiger partial charge in [0.1, 0.15) is 23.1 Å². The number of nitrogens with one attached hydrogen (secondary N) is 1. The summed E-state index contributed by atoms with van der Waals surface area (Å²) in [7, 11) is 1.65. The molecule has 6 nitrogen and oxygen atoms in total. The monoisotopic (exact) mass is 390 g/mol. The molecule has 3 aromatic rings. The molecule has 1 amide bonds. The zero-order valence-electron chi connectivity index (χ0n) is 17.1. The van der Waals surface area contributed by atoms with Gasteiger partial charge in [0.2, 0.25) is 0 Å². The first kappa shape index (κ1) is 20.3. The minimum absolute atomic E-state index is 0.212. The van der Waals surface area contributed by atoms with E-state index in [4.69, 9.17) is 4.74 Å². The predicted molar refractivity (Wildman–Crippen MR) is 115 cm³/mol. The van der Waals surface area contributed by atoms with Crippen molar-refractivity contribution in [1.29, 1.82) is 0 Å². The van der Waals surface area contributed by atoms with E-state index in [1.165, 1.54) is 0 Å². The number of rotatable bonds is 8. The zero-order valence-corrected chi connectivity index (χ0v) is 17.1. The van der Waals surface area contributed by atoms with Crippen LogP contribution >= 0.6 is 0 Å². The highest BCUT2D eigenvalue weighted by Crippen LogP contribution is 2.23. The number of anilines is 2. The van der Waals surface area contributed by atoms with Gasteiger partial charge in [0.15, 0.2) is 0 Å². The highest BCUT2D eigenvalue weighted by atomic mass is 16.5. The number of ether oxygens (including phenoxy) is 1. The van der Waals surface area contributed by atoms with Crippen LogP contribution in [0.25, 0.3) is 0 Å². The van der Waals surface area contributed by atoms with Crippen molar-refractivity contribution in [3.05, 3.63) is 77.7 Å². The lowest BCUT2D eigenvalue weighted by atomic mass is 10.1. The van der Waals surface area contributed by atoms with Crippen LogP contribution in [0.2, 0.25) is 0 Å². The third-order valence-corrected chi connectivity index (χ3v) is 4.59. The van der Waals surface area contributed by atoms with Gasteiger partial charge in [0.05, 0.1) is 7.11 Å². The molecule has 0 unspecified atom stereocenters. The van der Waals surface area contributed by atoms with E-state index in [0.717, 1.165) is 23.5 Å². The molecule has 1 aromatic heterocycles. The molecule has 6 heteroatoms. The average Bonchev–Trinajstić information content (AvgIpc) is 2.75. The number of amides is 1. The second-order valence-electron chi connectivity index (χ2n) is 6.56. The van der Waals surface area contributed by atoms with Crippen LogP contribution in [0.5, 0.6) is 5.75 Å². The fourth-order valence-electron chi connectivity index (χ4n) is 3.20. The molecule has 0 aliphatic rings. The summed E-state index contributed by atoms with van der Waals surface area (Å²) < 4.78 is 5.36. The van der Waals surface area contributed by atoms with Crippen LogP contribution in [0.15, 0.2) is 60.7 Å². The SMILES string of the molecule is CCN(c1ccccc1)c1cc(C(=O)NCCc2ccccc2OC)nc(C)n1. The predicted octanol–water partition coefficient (Wildman–Crippen LogP) is 3.92. The second-order valence-corrected chi connectivity index (χ2v) is 6.56. The third-order valence-electron chi connectivity index (χ3n) is 4.59. The van der Waals surface area contributed by atoms with E-state index in [1.54, 1.807) is 20.1 Å². The van der Waals surface area contributed by atoms with Gasteiger partial charge >= 0.3 is 0 Å². The van der Waals surface area contributed by atoms with Crippen molar-refractivity contribution < 1.29 is 9.53 Å². The molecular weight excluding hydrogens is 364 g/mol. The molecule has 1 N–H and O–H groups in total. The molecule has 0 atom stereocenters. The number of carbonyl (C=O) groups excluding carboxylic acids is 1. The van der Waals surface area contributed by atoms with Gasteiger partial charge in [0.25, 0.3) is 5.91 Å². The maximum absolute atomic E-state index is 12.7. The Kier molecular flexibility index (Phi) is 6.79. The Morgan fingerprint density at radius 3 is 2.52 bits per heavy atom. The highest BCUT2D eigenvalue weighted by molar-refractivity contribution is 5.93. The maximum atomic E-state index is 12.7. The molecule has 29 heavy (non-hydrogen) atoms. The highest BCUT2D eigenvalue weighted by Gasteiger charge is 2.15. The third kappa shape index (κ3) is 5.10. The summed E-state index contributed by atoms with van der Waals surface area (Å²) in [6, 6.07) is 19.5. The van der Waals surface area contributed by atoms with Crippen molar-refractivity contribution >= 4 is 17.4 Å². The molecule has 0 bridgehead atoms. The van der Waals surface area contributed by atoms with Gasteiger partial charge in [-0.1, -0.05) is 36.4 Å². The van der Waals surface area contributed by atoms with Gasteiger partial charge in [-0.05, 0) is 44.0 Å². The van der Waals surface area contributed by atoms with Gasteiger partial charge in [-0.15, -0.1) is 0 Å². The molecule has 1 heterocycles. The molecule has 150 valence electrons. The Balaban J connectivity index is 1.72. The topological polar surface area (TPSA) is 67.4 Å². The standard InChI is InChI=1S/C23H26N4O2/c1-4-27(19-11-6-5-7-12-19)22-16-20(25-17(2)26-22)23(28)24-15-14-18-10-8-9-13-21(18)29-3/h5-13,16H,4,14-15H2,1-3H3,(H,24,28). The first-order valence-corrected chi connectivity index (χ1v) is 9.70. The van der Waals surface area contributed by atoms with E-state index in [2.05, 4.69) is 27.1 Å². The Bertz CT molecular complexity index is 960. The number of para-hydroxylation sites is 2. The lowest BCUT2D eigenvalue weighted by Gasteiger charge is -2.22. The van der Waals surface area contributed by atoms with Crippen molar-refractivity contribution in [3.8, 4) is 5.75 Å². The van der Waals surface area contributed by atoms with Crippen LogP contribution in [0, 0.1) is 6.92 Å². The first-order chi connectivity index (χ1) is 14.1. The summed E-state index contributed by atoms with van der Waals surface area (Å²) in [5, 5.41) is 2.95. The number of methoxy groups -OCH3 is 1. The van der Waals surface area contributed by atoms with Gasteiger partial charge in [-0.3, -0.25) is 4.79 Å². The van der Waals surface area contributed by atoms with Gasteiger partial charge < -0.3 is 15.0 Å². The van der Waals surface area contributed by atoms with Crippen LogP contribution < -0.4 is 15.0 Å². The number of aromatic nitrogens is 2. The number of hydrogen-bond donors (Lipinski definition) is 1. The number of carbonyl (C=O) groups is 1. The Morgan fingerprint density at radius 2 is 1.79 bits per heavy atom. The van der Waals surface area contributed by atoms with Gasteiger partial charge in [0, 0.05) is 24.8 Å². The lowest BCUT2D eigenvalue weighted by molar-refractivity contribution is 0.0948. The van der Waals surface area contributed by atoms with Crippen molar-refractivity contribution in [2.24, 2.45) is 0 Å². The molecule has 0 aliphatic carbocycles. The van der Waals surface area contributed by atoms with E-state index in [0.29, 0.717) is 30.3 Å². The fourth-order valence-corrected chi connectivity index (χ4v) is 3.20. The normalized spacial score (nSPS) is 10.4. The van der Waals surface area contributed by atoms with Crippen molar-refractivity contribution in [2.45, 2.75) is 20.3 Å². The summed E-state index contributed by atoms with van der Waals surface area (Å²) in [6.45, 7) is 5.08. The van der Waals surface area contributed by atoms with Crippen molar-refractivity contribution in [2.75, 3.05) is 25.1 Å². The van der Waals surface area contributed by atoms with Crippen molar-refractivity contribution in [3.63, 3.8) is 0 Å². The Labute approximate surface area is 171 Å². The number of hydrogen-bond acceptors (Lipinski definition) is 5. The smallest absolute Gasteiger partial charge is 0.270 e. The lowest BCUT2D eigenvalue weighted by Crippen LogP contribution is -2.28. The second kappa shape index (κ2) is 9.68. The molecule has 0 fully saturated rings. The Morgan fingerprint density at radius 1 is 1.07 bits per heavy atom. The molecular formula is C23H26N4O2. The summed E-state index contributed by atoms with van der Waals surface area (Å²) in [5.74, 6) is 1.88. The van der Waals surface area contributed by atoms with Gasteiger partial charge in [-0.2, -0.15) is 0 Å². The van der Waals surface area contributed by atoms with Crippen LogP contribution in [0.1, 0.15) is 28.8 Å². The summed E-state index contributed by atoms with van der Waals surface area (Å²) in [6.07, 6.45) is 0.678. The van der Waals surface area contributed by atoms with Crippen molar-refractivity contribution in [1.82, 2.24) is 15.3 Å². The van der Waals surface area contributed by atoms with E-state index >= 15 is 0 Å². The maximum Gasteiger partial charge on any atom is 0.270 e. The largest absolute Gasteiger partial charge is 0.496 e. The van der Waals surface area contributed by atoms with E-state index in [9.17, 15) is 4.79 Å². The van der Waals surface area contributed by atoms with Gasteiger partial charge in [-0.25, -0.2) is 9.97 Å². The molecule has 2 aromatic carbocycles.